The first-order chi connectivity index (χ1) is 7.67. The molecule has 5 heteroatoms. The minimum absolute atomic E-state index is 0.0588. The molecule has 2 rings (SSSR count). The smallest absolute Gasteiger partial charge is 0.237 e. The lowest BCUT2D eigenvalue weighted by atomic mass is 9.94. The molecule has 0 bridgehead atoms. The number of rotatable bonds is 3. The molecule has 1 aromatic rings. The molecular formula is C11H17N3OS. The highest BCUT2D eigenvalue weighted by molar-refractivity contribution is 8.00. The maximum absolute atomic E-state index is 6.31. The van der Waals surface area contributed by atoms with Crippen molar-refractivity contribution in [3.63, 3.8) is 0 Å². The van der Waals surface area contributed by atoms with Crippen molar-refractivity contribution < 1.29 is 4.74 Å². The first-order valence-corrected chi connectivity index (χ1v) is 6.40. The quantitative estimate of drug-likeness (QED) is 0.871. The molecule has 2 atom stereocenters. The predicted molar refractivity (Wildman–Crippen MR) is 65.6 cm³/mol. The van der Waals surface area contributed by atoms with Crippen LogP contribution < -0.4 is 10.5 Å². The van der Waals surface area contributed by atoms with E-state index in [0.717, 1.165) is 12.1 Å². The van der Waals surface area contributed by atoms with Crippen molar-refractivity contribution in [1.82, 2.24) is 9.97 Å². The van der Waals surface area contributed by atoms with Gasteiger partial charge in [-0.05, 0) is 25.5 Å². The van der Waals surface area contributed by atoms with Crippen LogP contribution in [-0.2, 0) is 0 Å². The van der Waals surface area contributed by atoms with Gasteiger partial charge in [-0.25, -0.2) is 4.98 Å². The molecule has 2 unspecified atom stereocenters. The molecule has 2 heterocycles. The molecule has 1 saturated heterocycles. The first-order valence-electron chi connectivity index (χ1n) is 5.42. The molecular weight excluding hydrogens is 222 g/mol. The fraction of sp³-hybridized carbons (Fsp3) is 0.636. The molecule has 1 fully saturated rings. The molecule has 2 N–H and O–H groups in total. The summed E-state index contributed by atoms with van der Waals surface area (Å²) in [4.78, 5) is 8.46. The highest BCUT2D eigenvalue weighted by atomic mass is 32.2. The average molecular weight is 239 g/mol. The Morgan fingerprint density at radius 1 is 1.50 bits per heavy atom. The van der Waals surface area contributed by atoms with Gasteiger partial charge in [0.25, 0.3) is 0 Å². The number of aromatic nitrogens is 2. The molecule has 16 heavy (non-hydrogen) atoms. The van der Waals surface area contributed by atoms with Crippen molar-refractivity contribution in [3.05, 3.63) is 18.1 Å². The van der Waals surface area contributed by atoms with Gasteiger partial charge in [-0.15, -0.1) is 0 Å². The van der Waals surface area contributed by atoms with E-state index in [1.54, 1.807) is 19.5 Å². The van der Waals surface area contributed by atoms with Crippen LogP contribution in [0, 0.1) is 0 Å². The summed E-state index contributed by atoms with van der Waals surface area (Å²) in [5, 5.41) is 0. The third-order valence-electron chi connectivity index (χ3n) is 3.09. The number of nitrogens with two attached hydrogens (primary N) is 1. The highest BCUT2D eigenvalue weighted by Gasteiger charge is 2.38. The maximum Gasteiger partial charge on any atom is 0.237 e. The van der Waals surface area contributed by atoms with E-state index in [1.807, 2.05) is 11.8 Å². The highest BCUT2D eigenvalue weighted by Crippen LogP contribution is 2.46. The Balaban J connectivity index is 2.29. The Morgan fingerprint density at radius 2 is 2.25 bits per heavy atom. The van der Waals surface area contributed by atoms with E-state index in [1.165, 1.54) is 12.2 Å². The number of ether oxygens (including phenoxy) is 1. The van der Waals surface area contributed by atoms with Crippen molar-refractivity contribution in [3.8, 4) is 5.88 Å². The summed E-state index contributed by atoms with van der Waals surface area (Å²) in [5.74, 6) is 1.72. The molecule has 0 aliphatic carbocycles. The SMILES string of the molecule is COc1nccnc1C(N)C1(C)CCCS1. The summed E-state index contributed by atoms with van der Waals surface area (Å²) in [6, 6.07) is -0.122. The predicted octanol–water partition coefficient (Wildman–Crippen LogP) is 1.77. The number of hydrogen-bond donors (Lipinski definition) is 1. The van der Waals surface area contributed by atoms with Crippen LogP contribution in [0.2, 0.25) is 0 Å². The minimum Gasteiger partial charge on any atom is -0.480 e. The molecule has 1 aliphatic rings. The number of nitrogens with zero attached hydrogens (tertiary/aromatic N) is 2. The third-order valence-corrected chi connectivity index (χ3v) is 4.70. The van der Waals surface area contributed by atoms with Gasteiger partial charge in [-0.2, -0.15) is 11.8 Å². The largest absolute Gasteiger partial charge is 0.480 e. The molecule has 1 aromatic heterocycles. The van der Waals surface area contributed by atoms with Crippen LogP contribution in [0.5, 0.6) is 5.88 Å². The van der Waals surface area contributed by atoms with Gasteiger partial charge >= 0.3 is 0 Å². The number of hydrogen-bond acceptors (Lipinski definition) is 5. The second kappa shape index (κ2) is 4.59. The Morgan fingerprint density at radius 3 is 2.88 bits per heavy atom. The lowest BCUT2D eigenvalue weighted by molar-refractivity contribution is 0.375. The summed E-state index contributed by atoms with van der Waals surface area (Å²) in [6.07, 6.45) is 5.63. The fourth-order valence-corrected chi connectivity index (χ4v) is 3.38. The van der Waals surface area contributed by atoms with Gasteiger partial charge in [0.05, 0.1) is 13.2 Å². The van der Waals surface area contributed by atoms with E-state index in [0.29, 0.717) is 5.88 Å². The van der Waals surface area contributed by atoms with Gasteiger partial charge in [-0.1, -0.05) is 0 Å². The van der Waals surface area contributed by atoms with Crippen LogP contribution in [-0.4, -0.2) is 27.6 Å². The van der Waals surface area contributed by atoms with E-state index < -0.39 is 0 Å². The maximum atomic E-state index is 6.31. The molecule has 88 valence electrons. The van der Waals surface area contributed by atoms with E-state index in [2.05, 4.69) is 16.9 Å². The van der Waals surface area contributed by atoms with Crippen molar-refractivity contribution in [2.45, 2.75) is 30.6 Å². The van der Waals surface area contributed by atoms with Crippen molar-refractivity contribution in [2.75, 3.05) is 12.9 Å². The van der Waals surface area contributed by atoms with Gasteiger partial charge in [0, 0.05) is 17.1 Å². The Bertz CT molecular complexity index is 366. The van der Waals surface area contributed by atoms with E-state index >= 15 is 0 Å². The van der Waals surface area contributed by atoms with Crippen molar-refractivity contribution >= 4 is 11.8 Å². The van der Waals surface area contributed by atoms with E-state index in [9.17, 15) is 0 Å². The average Bonchev–Trinajstić information content (AvgIpc) is 2.76. The van der Waals surface area contributed by atoms with Crippen LogP contribution in [0.1, 0.15) is 31.5 Å². The third kappa shape index (κ3) is 2.01. The molecule has 1 aliphatic heterocycles. The fourth-order valence-electron chi connectivity index (χ4n) is 2.04. The standard InChI is InChI=1S/C11H17N3OS/c1-11(4-3-7-16-11)9(12)8-10(15-2)14-6-5-13-8/h5-6,9H,3-4,7,12H2,1-2H3. The summed E-state index contributed by atoms with van der Waals surface area (Å²) >= 11 is 1.92. The van der Waals surface area contributed by atoms with Gasteiger partial charge in [0.15, 0.2) is 0 Å². The summed E-state index contributed by atoms with van der Waals surface area (Å²) in [5.41, 5.74) is 7.07. The van der Waals surface area contributed by atoms with Crippen molar-refractivity contribution in [1.29, 1.82) is 0 Å². The zero-order chi connectivity index (χ0) is 11.6. The van der Waals surface area contributed by atoms with Crippen molar-refractivity contribution in [2.24, 2.45) is 5.73 Å². The molecule has 0 spiro atoms. The molecule has 0 radical (unpaired) electrons. The Hall–Kier alpha value is -0.810. The van der Waals surface area contributed by atoms with Gasteiger partial charge in [0.2, 0.25) is 5.88 Å². The summed E-state index contributed by atoms with van der Waals surface area (Å²) in [6.45, 7) is 2.20. The lowest BCUT2D eigenvalue weighted by Gasteiger charge is -2.30. The van der Waals surface area contributed by atoms with Crippen LogP contribution in [0.4, 0.5) is 0 Å². The van der Waals surface area contributed by atoms with E-state index in [4.69, 9.17) is 10.5 Å². The zero-order valence-corrected chi connectivity index (χ0v) is 10.5. The lowest BCUT2D eigenvalue weighted by Crippen LogP contribution is -2.34. The molecule has 0 saturated carbocycles. The van der Waals surface area contributed by atoms with Gasteiger partial charge < -0.3 is 10.5 Å². The Kier molecular flexibility index (Phi) is 3.35. The number of thioether (sulfide) groups is 1. The summed E-state index contributed by atoms with van der Waals surface area (Å²) < 4.78 is 5.27. The van der Waals surface area contributed by atoms with Gasteiger partial charge in [-0.3, -0.25) is 4.98 Å². The van der Waals surface area contributed by atoms with Gasteiger partial charge in [0.1, 0.15) is 5.69 Å². The monoisotopic (exact) mass is 239 g/mol. The molecule has 0 amide bonds. The van der Waals surface area contributed by atoms with Crippen LogP contribution in [0.3, 0.4) is 0 Å². The topological polar surface area (TPSA) is 61.0 Å². The van der Waals surface area contributed by atoms with E-state index in [-0.39, 0.29) is 10.8 Å². The van der Waals surface area contributed by atoms with Crippen LogP contribution in [0.25, 0.3) is 0 Å². The second-order valence-corrected chi connectivity index (χ2v) is 5.82. The summed E-state index contributed by atoms with van der Waals surface area (Å²) in [7, 11) is 1.60. The first kappa shape index (κ1) is 11.7. The zero-order valence-electron chi connectivity index (χ0n) is 9.64. The Labute approximate surface area is 100.0 Å². The normalized spacial score (nSPS) is 26.7. The molecule has 4 nitrogen and oxygen atoms in total. The molecule has 0 aromatic carbocycles. The second-order valence-electron chi connectivity index (χ2n) is 4.19. The van der Waals surface area contributed by atoms with Crippen LogP contribution >= 0.6 is 11.8 Å². The minimum atomic E-state index is -0.122. The van der Waals surface area contributed by atoms with Crippen LogP contribution in [0.15, 0.2) is 12.4 Å². The number of methoxy groups -OCH3 is 1.